The van der Waals surface area contributed by atoms with Gasteiger partial charge in [-0.2, -0.15) is 0 Å². The number of hydrogen-bond donors (Lipinski definition) is 0. The van der Waals surface area contributed by atoms with Gasteiger partial charge in [0.2, 0.25) is 0 Å². The second-order valence-corrected chi connectivity index (χ2v) is 5.33. The van der Waals surface area contributed by atoms with Crippen molar-refractivity contribution in [2.75, 3.05) is 0 Å². The highest BCUT2D eigenvalue weighted by Crippen LogP contribution is 2.43. The minimum absolute atomic E-state index is 0.512. The van der Waals surface area contributed by atoms with Crippen molar-refractivity contribution in [3.63, 3.8) is 0 Å². The summed E-state index contributed by atoms with van der Waals surface area (Å²) >= 11 is 5.94. The van der Waals surface area contributed by atoms with E-state index in [9.17, 15) is 0 Å². The van der Waals surface area contributed by atoms with Gasteiger partial charge in [-0.3, -0.25) is 0 Å². The van der Waals surface area contributed by atoms with Crippen LogP contribution in [0.5, 0.6) is 0 Å². The molecule has 0 amide bonds. The number of hydrogen-bond acceptors (Lipinski definition) is 2. The molecule has 1 aromatic rings. The van der Waals surface area contributed by atoms with Crippen molar-refractivity contribution in [1.82, 2.24) is 15.0 Å². The molecule has 2 aliphatic carbocycles. The zero-order valence-electron chi connectivity index (χ0n) is 9.53. The Balaban J connectivity index is 1.89. The van der Waals surface area contributed by atoms with Crippen LogP contribution in [-0.4, -0.2) is 15.0 Å². The predicted octanol–water partition coefficient (Wildman–Crippen LogP) is 3.40. The summed E-state index contributed by atoms with van der Waals surface area (Å²) in [4.78, 5) is 0. The third kappa shape index (κ3) is 1.86. The van der Waals surface area contributed by atoms with Gasteiger partial charge in [-0.1, -0.05) is 24.5 Å². The summed E-state index contributed by atoms with van der Waals surface area (Å²) in [7, 11) is 0. The van der Waals surface area contributed by atoms with Crippen LogP contribution in [0.4, 0.5) is 0 Å². The Morgan fingerprint density at radius 2 is 1.88 bits per heavy atom. The second kappa shape index (κ2) is 4.36. The minimum Gasteiger partial charge on any atom is -0.246 e. The fourth-order valence-corrected chi connectivity index (χ4v) is 2.99. The first-order valence-corrected chi connectivity index (χ1v) is 6.93. The van der Waals surface area contributed by atoms with Crippen molar-refractivity contribution in [2.45, 2.75) is 62.8 Å². The lowest BCUT2D eigenvalue weighted by Crippen LogP contribution is -2.16. The van der Waals surface area contributed by atoms with Gasteiger partial charge in [0, 0.05) is 5.92 Å². The fraction of sp³-hybridized carbons (Fsp3) is 0.833. The van der Waals surface area contributed by atoms with E-state index in [4.69, 9.17) is 11.6 Å². The molecule has 0 aliphatic heterocycles. The SMILES string of the molecule is ClCc1nnn(C2CCCCC2)c1C1CC1. The summed E-state index contributed by atoms with van der Waals surface area (Å²) in [5, 5.41) is 8.61. The topological polar surface area (TPSA) is 30.7 Å². The summed E-state index contributed by atoms with van der Waals surface area (Å²) in [6.07, 6.45) is 9.19. The maximum Gasteiger partial charge on any atom is 0.101 e. The maximum absolute atomic E-state index is 5.94. The Kier molecular flexibility index (Phi) is 2.88. The molecule has 0 aromatic carbocycles. The monoisotopic (exact) mass is 239 g/mol. The van der Waals surface area contributed by atoms with Gasteiger partial charge < -0.3 is 0 Å². The van der Waals surface area contributed by atoms with Gasteiger partial charge in [-0.15, -0.1) is 16.7 Å². The highest BCUT2D eigenvalue weighted by atomic mass is 35.5. The molecule has 3 rings (SSSR count). The van der Waals surface area contributed by atoms with E-state index in [0.717, 1.165) is 5.69 Å². The molecule has 0 atom stereocenters. The Bertz CT molecular complexity index is 364. The van der Waals surface area contributed by atoms with Crippen molar-refractivity contribution >= 4 is 11.6 Å². The van der Waals surface area contributed by atoms with E-state index in [0.29, 0.717) is 17.8 Å². The molecule has 0 saturated heterocycles. The van der Waals surface area contributed by atoms with Gasteiger partial charge in [0.25, 0.3) is 0 Å². The van der Waals surface area contributed by atoms with Crippen LogP contribution >= 0.6 is 11.6 Å². The van der Waals surface area contributed by atoms with Crippen LogP contribution in [0.1, 0.15) is 68.3 Å². The molecule has 2 fully saturated rings. The summed E-state index contributed by atoms with van der Waals surface area (Å²) in [5.41, 5.74) is 2.37. The average Bonchev–Trinajstić information content (AvgIpc) is 3.09. The average molecular weight is 240 g/mol. The van der Waals surface area contributed by atoms with Crippen LogP contribution in [0, 0.1) is 0 Å². The van der Waals surface area contributed by atoms with Crippen LogP contribution in [0.25, 0.3) is 0 Å². The summed E-state index contributed by atoms with van der Waals surface area (Å²) < 4.78 is 2.20. The molecular formula is C12H18ClN3. The van der Waals surface area contributed by atoms with Crippen LogP contribution in [0.15, 0.2) is 0 Å². The molecule has 0 unspecified atom stereocenters. The number of halogens is 1. The zero-order chi connectivity index (χ0) is 11.0. The standard InChI is InChI=1S/C12H18ClN3/c13-8-11-12(9-6-7-9)16(15-14-11)10-4-2-1-3-5-10/h9-10H,1-8H2. The normalized spacial score (nSPS) is 22.6. The highest BCUT2D eigenvalue weighted by molar-refractivity contribution is 6.16. The first-order valence-electron chi connectivity index (χ1n) is 6.40. The first-order chi connectivity index (χ1) is 7.90. The van der Waals surface area contributed by atoms with Crippen LogP contribution < -0.4 is 0 Å². The Labute approximate surface area is 101 Å². The first kappa shape index (κ1) is 10.6. The van der Waals surface area contributed by atoms with E-state index in [1.54, 1.807) is 0 Å². The molecule has 88 valence electrons. The lowest BCUT2D eigenvalue weighted by atomic mass is 9.95. The molecule has 0 radical (unpaired) electrons. The van der Waals surface area contributed by atoms with Crippen molar-refractivity contribution in [1.29, 1.82) is 0 Å². The third-order valence-corrected chi connectivity index (χ3v) is 4.07. The van der Waals surface area contributed by atoms with E-state index in [1.807, 2.05) is 0 Å². The Morgan fingerprint density at radius 3 is 2.50 bits per heavy atom. The smallest absolute Gasteiger partial charge is 0.101 e. The van der Waals surface area contributed by atoms with Crippen molar-refractivity contribution < 1.29 is 0 Å². The minimum atomic E-state index is 0.512. The van der Waals surface area contributed by atoms with E-state index < -0.39 is 0 Å². The van der Waals surface area contributed by atoms with Crippen molar-refractivity contribution in [3.05, 3.63) is 11.4 Å². The summed E-state index contributed by atoms with van der Waals surface area (Å²) in [6.45, 7) is 0. The molecular weight excluding hydrogens is 222 g/mol. The quantitative estimate of drug-likeness (QED) is 0.757. The largest absolute Gasteiger partial charge is 0.246 e. The number of alkyl halides is 1. The van der Waals surface area contributed by atoms with Gasteiger partial charge >= 0.3 is 0 Å². The van der Waals surface area contributed by atoms with Crippen LogP contribution in [0.2, 0.25) is 0 Å². The van der Waals surface area contributed by atoms with Gasteiger partial charge in [0.1, 0.15) is 5.69 Å². The molecule has 3 nitrogen and oxygen atoms in total. The van der Waals surface area contributed by atoms with E-state index >= 15 is 0 Å². The third-order valence-electron chi connectivity index (χ3n) is 3.82. The highest BCUT2D eigenvalue weighted by Gasteiger charge is 2.33. The second-order valence-electron chi connectivity index (χ2n) is 5.07. The molecule has 4 heteroatoms. The van der Waals surface area contributed by atoms with E-state index in [-0.39, 0.29) is 0 Å². The molecule has 1 heterocycles. The van der Waals surface area contributed by atoms with E-state index in [1.165, 1.54) is 50.6 Å². The molecule has 0 bridgehead atoms. The molecule has 16 heavy (non-hydrogen) atoms. The Morgan fingerprint density at radius 1 is 1.12 bits per heavy atom. The number of aromatic nitrogens is 3. The lowest BCUT2D eigenvalue weighted by Gasteiger charge is -2.23. The van der Waals surface area contributed by atoms with Gasteiger partial charge in [-0.05, 0) is 25.7 Å². The van der Waals surface area contributed by atoms with Crippen molar-refractivity contribution in [2.24, 2.45) is 0 Å². The van der Waals surface area contributed by atoms with Gasteiger partial charge in [0.15, 0.2) is 0 Å². The zero-order valence-corrected chi connectivity index (χ0v) is 10.3. The van der Waals surface area contributed by atoms with E-state index in [2.05, 4.69) is 15.0 Å². The number of rotatable bonds is 3. The molecule has 2 saturated carbocycles. The molecule has 1 aromatic heterocycles. The van der Waals surface area contributed by atoms with Crippen molar-refractivity contribution in [3.8, 4) is 0 Å². The number of nitrogens with zero attached hydrogens (tertiary/aromatic N) is 3. The molecule has 2 aliphatic rings. The van der Waals surface area contributed by atoms with Crippen LogP contribution in [-0.2, 0) is 5.88 Å². The maximum atomic E-state index is 5.94. The summed E-state index contributed by atoms with van der Waals surface area (Å²) in [6, 6.07) is 0.591. The Hall–Kier alpha value is -0.570. The van der Waals surface area contributed by atoms with Gasteiger partial charge in [0.05, 0.1) is 17.6 Å². The molecule has 0 spiro atoms. The fourth-order valence-electron chi connectivity index (χ4n) is 2.80. The molecule has 0 N–H and O–H groups in total. The predicted molar refractivity (Wildman–Crippen MR) is 63.7 cm³/mol. The van der Waals surface area contributed by atoms with Crippen LogP contribution in [0.3, 0.4) is 0 Å². The van der Waals surface area contributed by atoms with Gasteiger partial charge in [-0.25, -0.2) is 4.68 Å². The summed E-state index contributed by atoms with van der Waals surface area (Å²) in [5.74, 6) is 1.21. The lowest BCUT2D eigenvalue weighted by molar-refractivity contribution is 0.317.